The molecular formula is C15H7Br2N3O. The van der Waals surface area contributed by atoms with E-state index in [0.717, 1.165) is 4.47 Å². The fourth-order valence-corrected chi connectivity index (χ4v) is 2.47. The third-order valence-corrected chi connectivity index (χ3v) is 3.88. The van der Waals surface area contributed by atoms with Crippen LogP contribution in [0.3, 0.4) is 0 Å². The van der Waals surface area contributed by atoms with Gasteiger partial charge in [0.25, 0.3) is 5.91 Å². The summed E-state index contributed by atoms with van der Waals surface area (Å²) in [4.78, 5) is 12.2. The lowest BCUT2D eigenvalue weighted by molar-refractivity contribution is 0.102. The number of hydrogen-bond acceptors (Lipinski definition) is 3. The van der Waals surface area contributed by atoms with Crippen LogP contribution in [0.2, 0.25) is 0 Å². The van der Waals surface area contributed by atoms with E-state index in [9.17, 15) is 4.79 Å². The molecule has 0 saturated carbocycles. The molecule has 4 nitrogen and oxygen atoms in total. The first-order valence-electron chi connectivity index (χ1n) is 5.76. The number of anilines is 1. The molecule has 2 aromatic rings. The van der Waals surface area contributed by atoms with E-state index in [4.69, 9.17) is 10.5 Å². The zero-order valence-corrected chi connectivity index (χ0v) is 13.7. The van der Waals surface area contributed by atoms with Crippen LogP contribution in [0.4, 0.5) is 5.69 Å². The van der Waals surface area contributed by atoms with Gasteiger partial charge >= 0.3 is 0 Å². The van der Waals surface area contributed by atoms with Crippen molar-refractivity contribution in [2.75, 3.05) is 5.32 Å². The van der Waals surface area contributed by atoms with Crippen LogP contribution in [-0.4, -0.2) is 5.91 Å². The highest BCUT2D eigenvalue weighted by Crippen LogP contribution is 2.23. The van der Waals surface area contributed by atoms with Crippen LogP contribution < -0.4 is 5.32 Å². The Morgan fingerprint density at radius 3 is 2.38 bits per heavy atom. The summed E-state index contributed by atoms with van der Waals surface area (Å²) in [5, 5.41) is 20.5. The number of carbonyl (C=O) groups excluding carboxylic acids is 1. The van der Waals surface area contributed by atoms with Crippen LogP contribution in [0.25, 0.3) is 0 Å². The fourth-order valence-electron chi connectivity index (χ4n) is 1.68. The molecule has 21 heavy (non-hydrogen) atoms. The van der Waals surface area contributed by atoms with Crippen LogP contribution in [-0.2, 0) is 0 Å². The van der Waals surface area contributed by atoms with E-state index in [1.165, 1.54) is 12.1 Å². The molecule has 0 fully saturated rings. The van der Waals surface area contributed by atoms with Crippen LogP contribution in [0.5, 0.6) is 0 Å². The third kappa shape index (κ3) is 3.49. The normalized spacial score (nSPS) is 9.52. The third-order valence-electron chi connectivity index (χ3n) is 2.69. The van der Waals surface area contributed by atoms with E-state index in [-0.39, 0.29) is 17.0 Å². The molecule has 1 amide bonds. The van der Waals surface area contributed by atoms with Crippen LogP contribution in [0, 0.1) is 22.7 Å². The molecule has 0 aliphatic rings. The smallest absolute Gasteiger partial charge is 0.256 e. The maximum atomic E-state index is 12.2. The van der Waals surface area contributed by atoms with Crippen LogP contribution in [0.15, 0.2) is 45.3 Å². The van der Waals surface area contributed by atoms with Crippen molar-refractivity contribution >= 4 is 43.5 Å². The fraction of sp³-hybridized carbons (Fsp3) is 0. The lowest BCUT2D eigenvalue weighted by atomic mass is 10.1. The van der Waals surface area contributed by atoms with Gasteiger partial charge in [-0.25, -0.2) is 0 Å². The molecule has 0 aliphatic carbocycles. The van der Waals surface area contributed by atoms with Crippen molar-refractivity contribution in [2.24, 2.45) is 0 Å². The number of carbonyl (C=O) groups is 1. The van der Waals surface area contributed by atoms with Crippen molar-refractivity contribution in [2.45, 2.75) is 0 Å². The average Bonchev–Trinajstić information content (AvgIpc) is 2.49. The van der Waals surface area contributed by atoms with Crippen LogP contribution >= 0.6 is 31.9 Å². The molecule has 2 rings (SSSR count). The summed E-state index contributed by atoms with van der Waals surface area (Å²) in [5.74, 6) is -0.309. The zero-order chi connectivity index (χ0) is 15.4. The number of amides is 1. The van der Waals surface area contributed by atoms with Gasteiger partial charge in [0.15, 0.2) is 0 Å². The second kappa shape index (κ2) is 6.53. The predicted molar refractivity (Wildman–Crippen MR) is 85.7 cm³/mol. The second-order valence-corrected chi connectivity index (χ2v) is 5.83. The molecule has 1 N–H and O–H groups in total. The second-order valence-electron chi connectivity index (χ2n) is 4.06. The summed E-state index contributed by atoms with van der Waals surface area (Å²) < 4.78 is 1.45. The Morgan fingerprint density at radius 2 is 1.71 bits per heavy atom. The topological polar surface area (TPSA) is 76.7 Å². The largest absolute Gasteiger partial charge is 0.322 e. The summed E-state index contributed by atoms with van der Waals surface area (Å²) >= 11 is 6.63. The number of hydrogen-bond donors (Lipinski definition) is 1. The molecule has 0 aromatic heterocycles. The van der Waals surface area contributed by atoms with Gasteiger partial charge in [-0.15, -0.1) is 0 Å². The highest BCUT2D eigenvalue weighted by Gasteiger charge is 2.12. The van der Waals surface area contributed by atoms with Crippen molar-refractivity contribution in [3.05, 3.63) is 62.0 Å². The molecule has 0 aliphatic heterocycles. The minimum Gasteiger partial charge on any atom is -0.322 e. The number of benzene rings is 2. The Kier molecular flexibility index (Phi) is 4.74. The maximum Gasteiger partial charge on any atom is 0.256 e. The average molecular weight is 405 g/mol. The quantitative estimate of drug-likeness (QED) is 0.814. The monoisotopic (exact) mass is 403 g/mol. The standard InChI is InChI=1S/C15H7Br2N3O/c16-11-2-4-14(17)13(6-11)15(21)20-12-3-1-9(7-18)10(5-12)8-19/h1-6H,(H,20,21). The molecule has 0 atom stereocenters. The van der Waals surface area contributed by atoms with Gasteiger partial charge in [0.05, 0.1) is 16.7 Å². The Hall–Kier alpha value is -2.15. The zero-order valence-electron chi connectivity index (χ0n) is 10.5. The molecule has 0 spiro atoms. The Balaban J connectivity index is 2.30. The molecule has 0 heterocycles. The van der Waals surface area contributed by atoms with Crippen LogP contribution in [0.1, 0.15) is 21.5 Å². The predicted octanol–water partition coefficient (Wildman–Crippen LogP) is 4.21. The van der Waals surface area contributed by atoms with Crippen molar-refractivity contribution in [3.63, 3.8) is 0 Å². The molecule has 2 aromatic carbocycles. The first-order chi connectivity index (χ1) is 10.0. The first-order valence-corrected chi connectivity index (χ1v) is 7.34. The van der Waals surface area contributed by atoms with E-state index < -0.39 is 0 Å². The van der Waals surface area contributed by atoms with Crippen molar-refractivity contribution in [1.82, 2.24) is 0 Å². The van der Waals surface area contributed by atoms with Crippen molar-refractivity contribution < 1.29 is 4.79 Å². The Bertz CT molecular complexity index is 804. The molecule has 6 heteroatoms. The lowest BCUT2D eigenvalue weighted by Gasteiger charge is -2.08. The minimum atomic E-state index is -0.309. The lowest BCUT2D eigenvalue weighted by Crippen LogP contribution is -2.12. The van der Waals surface area contributed by atoms with Crippen molar-refractivity contribution in [1.29, 1.82) is 10.5 Å². The minimum absolute atomic E-state index is 0.226. The van der Waals surface area contributed by atoms with Gasteiger partial charge < -0.3 is 5.32 Å². The maximum absolute atomic E-state index is 12.2. The molecule has 0 radical (unpaired) electrons. The number of nitriles is 2. The summed E-state index contributed by atoms with van der Waals surface area (Å²) in [6, 6.07) is 13.7. The number of nitrogens with one attached hydrogen (secondary N) is 1. The van der Waals surface area contributed by atoms with Gasteiger partial charge in [-0.3, -0.25) is 4.79 Å². The summed E-state index contributed by atoms with van der Waals surface area (Å²) in [6.07, 6.45) is 0. The Labute approximate surface area is 138 Å². The van der Waals surface area contributed by atoms with E-state index in [0.29, 0.717) is 15.7 Å². The number of rotatable bonds is 2. The first kappa shape index (κ1) is 15.2. The molecule has 0 unspecified atom stereocenters. The van der Waals surface area contributed by atoms with Gasteiger partial charge in [-0.05, 0) is 52.3 Å². The van der Waals surface area contributed by atoms with E-state index in [1.807, 2.05) is 18.2 Å². The molecule has 102 valence electrons. The van der Waals surface area contributed by atoms with Gasteiger partial charge in [0, 0.05) is 14.6 Å². The molecule has 0 bridgehead atoms. The number of halogens is 2. The Morgan fingerprint density at radius 1 is 1.00 bits per heavy atom. The summed E-state index contributed by atoms with van der Waals surface area (Å²) in [6.45, 7) is 0. The van der Waals surface area contributed by atoms with E-state index >= 15 is 0 Å². The summed E-state index contributed by atoms with van der Waals surface area (Å²) in [7, 11) is 0. The van der Waals surface area contributed by atoms with Gasteiger partial charge in [0.1, 0.15) is 12.1 Å². The van der Waals surface area contributed by atoms with Gasteiger partial charge in [0.2, 0.25) is 0 Å². The summed E-state index contributed by atoms with van der Waals surface area (Å²) in [5.41, 5.74) is 1.43. The van der Waals surface area contributed by atoms with Gasteiger partial charge in [-0.2, -0.15) is 10.5 Å². The van der Waals surface area contributed by atoms with Crippen molar-refractivity contribution in [3.8, 4) is 12.1 Å². The molecule has 0 saturated heterocycles. The highest BCUT2D eigenvalue weighted by atomic mass is 79.9. The van der Waals surface area contributed by atoms with E-state index in [2.05, 4.69) is 37.2 Å². The van der Waals surface area contributed by atoms with Gasteiger partial charge in [-0.1, -0.05) is 15.9 Å². The SMILES string of the molecule is N#Cc1ccc(NC(=O)c2cc(Br)ccc2Br)cc1C#N. The molecular weight excluding hydrogens is 398 g/mol. The van der Waals surface area contributed by atoms with E-state index in [1.54, 1.807) is 18.2 Å². The number of nitrogens with zero attached hydrogens (tertiary/aromatic N) is 2. The highest BCUT2D eigenvalue weighted by molar-refractivity contribution is 9.11.